The minimum atomic E-state index is -0.678. The maximum atomic E-state index is 13.1. The molecule has 3 aromatic rings. The molecule has 0 saturated heterocycles. The van der Waals surface area contributed by atoms with Crippen LogP contribution >= 0.6 is 0 Å². The fraction of sp³-hybridized carbons (Fsp3) is 0.259. The summed E-state index contributed by atoms with van der Waals surface area (Å²) in [7, 11) is 1.63. The lowest BCUT2D eigenvalue weighted by molar-refractivity contribution is -0.156. The number of esters is 1. The van der Waals surface area contributed by atoms with E-state index < -0.39 is 11.6 Å². The molecule has 0 heterocycles. The van der Waals surface area contributed by atoms with E-state index in [4.69, 9.17) is 14.5 Å². The van der Waals surface area contributed by atoms with Gasteiger partial charge in [-0.15, -0.1) is 0 Å². The van der Waals surface area contributed by atoms with Crippen molar-refractivity contribution in [2.75, 3.05) is 7.11 Å². The summed E-state index contributed by atoms with van der Waals surface area (Å²) in [6.07, 6.45) is 0.433. The SMILES string of the molecule is COc1ccc(C[C@@H](N=C(c2ccccc2)c2ccccc2)C(=O)OC(C)(C)C)cc1. The number of benzene rings is 3. The predicted octanol–water partition coefficient (Wildman–Crippen LogP) is 5.49. The monoisotopic (exact) mass is 415 g/mol. The van der Waals surface area contributed by atoms with Crippen molar-refractivity contribution in [2.45, 2.75) is 38.8 Å². The molecule has 0 bridgehead atoms. The van der Waals surface area contributed by atoms with Gasteiger partial charge in [0.25, 0.3) is 0 Å². The molecule has 0 unspecified atom stereocenters. The second-order valence-electron chi connectivity index (χ2n) is 8.31. The third-order valence-corrected chi connectivity index (χ3v) is 4.65. The van der Waals surface area contributed by atoms with Gasteiger partial charge in [0.15, 0.2) is 6.04 Å². The molecule has 0 fully saturated rings. The Bertz CT molecular complexity index is 962. The zero-order valence-corrected chi connectivity index (χ0v) is 18.5. The number of ether oxygens (including phenoxy) is 2. The highest BCUT2D eigenvalue weighted by molar-refractivity contribution is 6.13. The summed E-state index contributed by atoms with van der Waals surface area (Å²) in [5.74, 6) is 0.433. The van der Waals surface area contributed by atoms with E-state index in [9.17, 15) is 4.79 Å². The van der Waals surface area contributed by atoms with Crippen LogP contribution in [0.4, 0.5) is 0 Å². The molecule has 3 rings (SSSR count). The average Bonchev–Trinajstić information content (AvgIpc) is 2.77. The minimum Gasteiger partial charge on any atom is -0.497 e. The Morgan fingerprint density at radius 1 is 0.839 bits per heavy atom. The molecule has 0 spiro atoms. The highest BCUT2D eigenvalue weighted by atomic mass is 16.6. The van der Waals surface area contributed by atoms with Crippen molar-refractivity contribution in [1.82, 2.24) is 0 Å². The summed E-state index contributed by atoms with van der Waals surface area (Å²) >= 11 is 0. The summed E-state index contributed by atoms with van der Waals surface area (Å²) in [6.45, 7) is 5.61. The van der Waals surface area contributed by atoms with Gasteiger partial charge in [0, 0.05) is 17.5 Å². The molecule has 0 radical (unpaired) electrons. The van der Waals surface area contributed by atoms with Gasteiger partial charge in [-0.1, -0.05) is 72.8 Å². The molecule has 0 amide bonds. The normalized spacial score (nSPS) is 12.0. The number of rotatable bonds is 7. The first-order valence-electron chi connectivity index (χ1n) is 10.4. The molecule has 0 aromatic heterocycles. The number of hydrogen-bond donors (Lipinski definition) is 0. The van der Waals surface area contributed by atoms with E-state index in [-0.39, 0.29) is 5.97 Å². The molecule has 0 aliphatic heterocycles. The molecule has 4 heteroatoms. The number of hydrogen-bond acceptors (Lipinski definition) is 4. The third-order valence-electron chi connectivity index (χ3n) is 4.65. The van der Waals surface area contributed by atoms with Gasteiger partial charge in [0.2, 0.25) is 0 Å². The molecule has 4 nitrogen and oxygen atoms in total. The van der Waals surface area contributed by atoms with E-state index >= 15 is 0 Å². The summed E-state index contributed by atoms with van der Waals surface area (Å²) in [4.78, 5) is 18.1. The number of carbonyl (C=O) groups excluding carboxylic acids is 1. The number of nitrogens with zero attached hydrogens (tertiary/aromatic N) is 1. The standard InChI is InChI=1S/C27H29NO3/c1-27(2,3)31-26(29)24(19-20-15-17-23(30-4)18-16-20)28-25(21-11-7-5-8-12-21)22-13-9-6-10-14-22/h5-18,24H,19H2,1-4H3/t24-/m1/s1. The lowest BCUT2D eigenvalue weighted by atomic mass is 10.0. The van der Waals surface area contributed by atoms with Crippen molar-refractivity contribution in [3.05, 3.63) is 102 Å². The topological polar surface area (TPSA) is 47.9 Å². The number of aliphatic imine (C=N–C) groups is 1. The Morgan fingerprint density at radius 2 is 1.35 bits per heavy atom. The van der Waals surface area contributed by atoms with E-state index in [1.54, 1.807) is 7.11 Å². The van der Waals surface area contributed by atoms with E-state index in [0.717, 1.165) is 28.2 Å². The molecule has 0 aliphatic rings. The predicted molar refractivity (Wildman–Crippen MR) is 125 cm³/mol. The highest BCUT2D eigenvalue weighted by Gasteiger charge is 2.26. The lowest BCUT2D eigenvalue weighted by Gasteiger charge is -2.23. The number of methoxy groups -OCH3 is 1. The fourth-order valence-electron chi connectivity index (χ4n) is 3.20. The van der Waals surface area contributed by atoms with Crippen molar-refractivity contribution in [1.29, 1.82) is 0 Å². The largest absolute Gasteiger partial charge is 0.497 e. The van der Waals surface area contributed by atoms with E-state index in [0.29, 0.717) is 6.42 Å². The van der Waals surface area contributed by atoms with Crippen LogP contribution in [0.1, 0.15) is 37.5 Å². The minimum absolute atomic E-state index is 0.340. The Labute approximate surface area is 184 Å². The average molecular weight is 416 g/mol. The molecule has 0 N–H and O–H groups in total. The zero-order chi connectivity index (χ0) is 22.3. The van der Waals surface area contributed by atoms with Crippen molar-refractivity contribution in [2.24, 2.45) is 4.99 Å². The van der Waals surface area contributed by atoms with E-state index in [1.165, 1.54) is 0 Å². The molecule has 31 heavy (non-hydrogen) atoms. The Hall–Kier alpha value is -3.40. The van der Waals surface area contributed by atoms with Crippen molar-refractivity contribution in [3.8, 4) is 5.75 Å². The van der Waals surface area contributed by atoms with Crippen molar-refractivity contribution < 1.29 is 14.3 Å². The van der Waals surface area contributed by atoms with Gasteiger partial charge in [-0.3, -0.25) is 4.99 Å². The molecule has 1 atom stereocenters. The molecular weight excluding hydrogens is 386 g/mol. The van der Waals surface area contributed by atoms with Gasteiger partial charge in [-0.05, 0) is 38.5 Å². The maximum Gasteiger partial charge on any atom is 0.331 e. The van der Waals surface area contributed by atoms with E-state index in [1.807, 2.05) is 106 Å². The van der Waals surface area contributed by atoms with Crippen LogP contribution in [0.25, 0.3) is 0 Å². The molecular formula is C27H29NO3. The second kappa shape index (κ2) is 10.1. The maximum absolute atomic E-state index is 13.1. The van der Waals surface area contributed by atoms with Gasteiger partial charge in [0.1, 0.15) is 11.4 Å². The Morgan fingerprint density at radius 3 is 1.81 bits per heavy atom. The van der Waals surface area contributed by atoms with Gasteiger partial charge < -0.3 is 9.47 Å². The summed E-state index contributed by atoms with van der Waals surface area (Å²) in [5.41, 5.74) is 3.07. The molecule has 0 saturated carbocycles. The van der Waals surface area contributed by atoms with Gasteiger partial charge in [-0.2, -0.15) is 0 Å². The van der Waals surface area contributed by atoms with Crippen molar-refractivity contribution in [3.63, 3.8) is 0 Å². The lowest BCUT2D eigenvalue weighted by Crippen LogP contribution is -2.33. The summed E-state index contributed by atoms with van der Waals surface area (Å²) in [6, 6.07) is 26.9. The second-order valence-corrected chi connectivity index (χ2v) is 8.31. The summed E-state index contributed by atoms with van der Waals surface area (Å²) in [5, 5.41) is 0. The van der Waals surface area contributed by atoms with Gasteiger partial charge >= 0.3 is 5.97 Å². The van der Waals surface area contributed by atoms with Crippen LogP contribution < -0.4 is 4.74 Å². The summed E-state index contributed by atoms with van der Waals surface area (Å²) < 4.78 is 11.0. The van der Waals surface area contributed by atoms with Crippen LogP contribution in [0.2, 0.25) is 0 Å². The van der Waals surface area contributed by atoms with E-state index in [2.05, 4.69) is 0 Å². The smallest absolute Gasteiger partial charge is 0.331 e. The van der Waals surface area contributed by atoms with Crippen molar-refractivity contribution >= 4 is 11.7 Å². The molecule has 3 aromatic carbocycles. The molecule has 0 aliphatic carbocycles. The quantitative estimate of drug-likeness (QED) is 0.379. The third kappa shape index (κ3) is 6.54. The first-order chi connectivity index (χ1) is 14.9. The van der Waals surface area contributed by atoms with Gasteiger partial charge in [-0.25, -0.2) is 4.79 Å². The van der Waals surface area contributed by atoms with Crippen LogP contribution in [-0.2, 0) is 16.0 Å². The zero-order valence-electron chi connectivity index (χ0n) is 18.5. The first kappa shape index (κ1) is 22.3. The van der Waals surface area contributed by atoms with Gasteiger partial charge in [0.05, 0.1) is 12.8 Å². The van der Waals surface area contributed by atoms with Crippen LogP contribution in [-0.4, -0.2) is 30.4 Å². The first-order valence-corrected chi connectivity index (χ1v) is 10.4. The Kier molecular flexibility index (Phi) is 7.24. The number of carbonyl (C=O) groups is 1. The molecule has 160 valence electrons. The Balaban J connectivity index is 2.03. The van der Waals surface area contributed by atoms with Crippen LogP contribution in [0.5, 0.6) is 5.75 Å². The van der Waals surface area contributed by atoms with Crippen LogP contribution in [0.3, 0.4) is 0 Å². The van der Waals surface area contributed by atoms with Crippen LogP contribution in [0, 0.1) is 0 Å². The fourth-order valence-corrected chi connectivity index (χ4v) is 3.20. The highest BCUT2D eigenvalue weighted by Crippen LogP contribution is 2.19. The van der Waals surface area contributed by atoms with Crippen LogP contribution in [0.15, 0.2) is 89.9 Å².